The van der Waals surface area contributed by atoms with Crippen LogP contribution in [0.2, 0.25) is 0 Å². The van der Waals surface area contributed by atoms with Gasteiger partial charge in [-0.15, -0.1) is 4.33 Å². The van der Waals surface area contributed by atoms with Crippen molar-refractivity contribution in [3.05, 3.63) is 95.3 Å². The fraction of sp³-hybridized carbons (Fsp3) is 0.185. The Balaban J connectivity index is 1.73. The molecule has 216 valence electrons. The predicted molar refractivity (Wildman–Crippen MR) is 143 cm³/mol. The van der Waals surface area contributed by atoms with Crippen molar-refractivity contribution in [3.63, 3.8) is 0 Å². The summed E-state index contributed by atoms with van der Waals surface area (Å²) >= 11 is 0.232. The van der Waals surface area contributed by atoms with E-state index in [4.69, 9.17) is 4.18 Å². The van der Waals surface area contributed by atoms with E-state index in [0.717, 1.165) is 18.2 Å². The maximum absolute atomic E-state index is 15.2. The molecule has 0 aliphatic rings. The fourth-order valence-corrected chi connectivity index (χ4v) is 4.60. The Morgan fingerprint density at radius 3 is 1.73 bits per heavy atom. The first-order valence-corrected chi connectivity index (χ1v) is 14.2. The molecule has 4 aromatic rings. The third-order valence-corrected chi connectivity index (χ3v) is 6.77. The SMILES string of the molecule is COOSOc1c(F)ccc(-c2cccc(C(C)(C)c3cccc(-c4ccc(F)c(OS(C)(=O)=O)c4F)n3)n2)c1F. The van der Waals surface area contributed by atoms with Crippen LogP contribution in [0.1, 0.15) is 25.2 Å². The van der Waals surface area contributed by atoms with Gasteiger partial charge in [-0.05, 0) is 62.4 Å². The van der Waals surface area contributed by atoms with Crippen LogP contribution < -0.4 is 8.37 Å². The van der Waals surface area contributed by atoms with E-state index >= 15 is 8.78 Å². The van der Waals surface area contributed by atoms with Crippen LogP contribution in [0.15, 0.2) is 60.7 Å². The Morgan fingerprint density at radius 2 is 1.24 bits per heavy atom. The molecule has 41 heavy (non-hydrogen) atoms. The zero-order valence-corrected chi connectivity index (χ0v) is 23.6. The number of hydrogen-bond donors (Lipinski definition) is 0. The van der Waals surface area contributed by atoms with Crippen LogP contribution in [0.4, 0.5) is 17.6 Å². The normalized spacial score (nSPS) is 11.9. The highest BCUT2D eigenvalue weighted by molar-refractivity contribution is 7.90. The van der Waals surface area contributed by atoms with Crippen molar-refractivity contribution >= 4 is 22.4 Å². The summed E-state index contributed by atoms with van der Waals surface area (Å²) in [5.41, 5.74) is -0.101. The van der Waals surface area contributed by atoms with Gasteiger partial charge in [0.15, 0.2) is 23.3 Å². The largest absolute Gasteiger partial charge is 0.392 e. The molecule has 4 rings (SSSR count). The molecule has 2 aromatic heterocycles. The molecular formula is C27H22F4N2O6S2. The highest BCUT2D eigenvalue weighted by Crippen LogP contribution is 2.37. The second-order valence-electron chi connectivity index (χ2n) is 9.09. The molecule has 0 unspecified atom stereocenters. The van der Waals surface area contributed by atoms with Crippen LogP contribution in [0, 0.1) is 23.3 Å². The van der Waals surface area contributed by atoms with Crippen molar-refractivity contribution in [1.29, 1.82) is 0 Å². The molecule has 2 heterocycles. The minimum atomic E-state index is -4.21. The maximum atomic E-state index is 15.2. The molecule has 0 N–H and O–H groups in total. The average molecular weight is 611 g/mol. The second-order valence-corrected chi connectivity index (χ2v) is 11.1. The number of halogens is 4. The standard InChI is InChI=1S/C27H22F4N2O6S2/c1-27(2,21-9-5-7-19(32-21)15-11-13-17(28)25(23(15)30)37-40-39-36-3)22-10-6-8-20(33-22)16-12-14-18(29)26(24(16)31)38-41(4,34)35/h5-14H,1-4H3. The van der Waals surface area contributed by atoms with E-state index in [1.165, 1.54) is 25.3 Å². The van der Waals surface area contributed by atoms with Crippen LogP contribution in [-0.2, 0) is 24.8 Å². The van der Waals surface area contributed by atoms with Gasteiger partial charge in [-0.3, -0.25) is 9.97 Å². The molecule has 0 amide bonds. The van der Waals surface area contributed by atoms with E-state index < -0.39 is 50.3 Å². The van der Waals surface area contributed by atoms with Crippen molar-refractivity contribution in [2.75, 3.05) is 13.4 Å². The highest BCUT2D eigenvalue weighted by atomic mass is 32.2. The molecule has 0 saturated carbocycles. The van der Waals surface area contributed by atoms with Crippen molar-refractivity contribution < 1.29 is 43.6 Å². The molecule has 0 atom stereocenters. The van der Waals surface area contributed by atoms with Gasteiger partial charge in [-0.2, -0.15) is 8.42 Å². The topological polar surface area (TPSA) is 96.8 Å². The van der Waals surface area contributed by atoms with Crippen LogP contribution in [-0.4, -0.2) is 31.8 Å². The quantitative estimate of drug-likeness (QED) is 0.0495. The Bertz CT molecular complexity index is 1700. The van der Waals surface area contributed by atoms with Crippen LogP contribution >= 0.6 is 12.3 Å². The summed E-state index contributed by atoms with van der Waals surface area (Å²) in [5, 5.41) is 0. The molecule has 0 fully saturated rings. The lowest BCUT2D eigenvalue weighted by molar-refractivity contribution is -0.164. The Hall–Kier alpha value is -3.72. The third kappa shape index (κ3) is 6.62. The lowest BCUT2D eigenvalue weighted by Gasteiger charge is -2.25. The second kappa shape index (κ2) is 12.0. The van der Waals surface area contributed by atoms with E-state index in [0.29, 0.717) is 17.6 Å². The van der Waals surface area contributed by atoms with Gasteiger partial charge in [-0.25, -0.2) is 22.4 Å². The maximum Gasteiger partial charge on any atom is 0.306 e. The number of nitrogens with zero attached hydrogens (tertiary/aromatic N) is 2. The summed E-state index contributed by atoms with van der Waals surface area (Å²) in [6, 6.07) is 13.8. The van der Waals surface area contributed by atoms with Crippen LogP contribution in [0.3, 0.4) is 0 Å². The van der Waals surface area contributed by atoms with Crippen LogP contribution in [0.5, 0.6) is 11.5 Å². The van der Waals surface area contributed by atoms with Gasteiger partial charge in [0.25, 0.3) is 12.3 Å². The summed E-state index contributed by atoms with van der Waals surface area (Å²) in [7, 11) is -3.01. The Labute approximate surface area is 237 Å². The average Bonchev–Trinajstić information content (AvgIpc) is 2.92. The Kier molecular flexibility index (Phi) is 8.87. The molecule has 0 radical (unpaired) electrons. The van der Waals surface area contributed by atoms with Crippen molar-refractivity contribution in [2.24, 2.45) is 0 Å². The molecule has 8 nitrogen and oxygen atoms in total. The van der Waals surface area contributed by atoms with Gasteiger partial charge >= 0.3 is 10.1 Å². The van der Waals surface area contributed by atoms with E-state index in [2.05, 4.69) is 23.4 Å². The first-order valence-electron chi connectivity index (χ1n) is 11.7. The summed E-state index contributed by atoms with van der Waals surface area (Å²) < 4.78 is 95.6. The number of rotatable bonds is 10. The van der Waals surface area contributed by atoms with Crippen molar-refractivity contribution in [1.82, 2.24) is 9.97 Å². The van der Waals surface area contributed by atoms with Gasteiger partial charge in [0.2, 0.25) is 11.5 Å². The first-order chi connectivity index (χ1) is 19.3. The number of pyridine rings is 2. The first kappa shape index (κ1) is 30.2. The number of hydrogen-bond acceptors (Lipinski definition) is 9. The lowest BCUT2D eigenvalue weighted by Crippen LogP contribution is -2.22. The van der Waals surface area contributed by atoms with E-state index in [1.807, 2.05) is 0 Å². The minimum absolute atomic E-state index is 0.0504. The zero-order valence-electron chi connectivity index (χ0n) is 21.9. The van der Waals surface area contributed by atoms with E-state index in [-0.39, 0.29) is 34.8 Å². The van der Waals surface area contributed by atoms with Crippen molar-refractivity contribution in [3.8, 4) is 34.0 Å². The minimum Gasteiger partial charge on any atom is -0.392 e. The molecule has 0 aliphatic carbocycles. The fourth-order valence-electron chi connectivity index (χ4n) is 3.84. The molecule has 14 heteroatoms. The van der Waals surface area contributed by atoms with Crippen LogP contribution in [0.25, 0.3) is 22.5 Å². The van der Waals surface area contributed by atoms with Gasteiger partial charge in [0.1, 0.15) is 0 Å². The summed E-state index contributed by atoms with van der Waals surface area (Å²) in [6.07, 6.45) is 0.668. The highest BCUT2D eigenvalue weighted by Gasteiger charge is 2.29. The summed E-state index contributed by atoms with van der Waals surface area (Å²) in [4.78, 5) is 13.4. The van der Waals surface area contributed by atoms with Crippen molar-refractivity contribution in [2.45, 2.75) is 19.3 Å². The molecule has 2 aromatic carbocycles. The smallest absolute Gasteiger partial charge is 0.306 e. The zero-order chi connectivity index (χ0) is 29.9. The van der Waals surface area contributed by atoms with Gasteiger partial charge in [0, 0.05) is 16.5 Å². The predicted octanol–water partition coefficient (Wildman–Crippen LogP) is 6.55. The molecular weight excluding hydrogens is 588 g/mol. The monoisotopic (exact) mass is 610 g/mol. The van der Waals surface area contributed by atoms with E-state index in [1.54, 1.807) is 38.1 Å². The molecule has 0 saturated heterocycles. The molecule has 0 aliphatic heterocycles. The molecule has 0 bridgehead atoms. The lowest BCUT2D eigenvalue weighted by atomic mass is 9.84. The summed E-state index contributed by atoms with van der Waals surface area (Å²) in [5.74, 6) is -6.18. The molecule has 0 spiro atoms. The van der Waals surface area contributed by atoms with Gasteiger partial charge in [0.05, 0.1) is 36.1 Å². The van der Waals surface area contributed by atoms with Gasteiger partial charge in [-0.1, -0.05) is 12.1 Å². The summed E-state index contributed by atoms with van der Waals surface area (Å²) in [6.45, 7) is 3.55. The third-order valence-electron chi connectivity index (χ3n) is 5.88. The van der Waals surface area contributed by atoms with E-state index in [9.17, 15) is 17.2 Å². The number of aromatic nitrogens is 2. The van der Waals surface area contributed by atoms with Gasteiger partial charge < -0.3 is 8.37 Å². The number of benzene rings is 2. The Morgan fingerprint density at radius 1 is 0.756 bits per heavy atom.